The number of hydrogen-bond donors (Lipinski definition) is 3. The molecule has 1 unspecified atom stereocenters. The van der Waals surface area contributed by atoms with Crippen LogP contribution in [-0.2, 0) is 10.0 Å². The first-order valence-electron chi connectivity index (χ1n) is 5.03. The van der Waals surface area contributed by atoms with Gasteiger partial charge in [-0.15, -0.1) is 0 Å². The van der Waals surface area contributed by atoms with Gasteiger partial charge in [0.15, 0.2) is 0 Å². The highest BCUT2D eigenvalue weighted by Crippen LogP contribution is 2.26. The van der Waals surface area contributed by atoms with Crippen LogP contribution in [0.3, 0.4) is 0 Å². The summed E-state index contributed by atoms with van der Waals surface area (Å²) in [5.41, 5.74) is 6.55. The lowest BCUT2D eigenvalue weighted by atomic mass is 10.2. The molecule has 0 aliphatic rings. The van der Waals surface area contributed by atoms with Gasteiger partial charge in [0, 0.05) is 11.8 Å². The predicted octanol–water partition coefficient (Wildman–Crippen LogP) is 1.08. The number of anilines is 2. The Hall–Kier alpha value is -0.920. The minimum Gasteiger partial charge on any atom is -0.396 e. The van der Waals surface area contributed by atoms with Crippen LogP contribution in [0.2, 0.25) is 0 Å². The Morgan fingerprint density at radius 3 is 2.65 bits per heavy atom. The number of primary sulfonamides is 1. The summed E-state index contributed by atoms with van der Waals surface area (Å²) in [5, 5.41) is 8.23. The van der Waals surface area contributed by atoms with E-state index < -0.39 is 10.0 Å². The number of nitrogens with two attached hydrogens (primary N) is 2. The normalized spacial score (nSPS) is 13.4. The summed E-state index contributed by atoms with van der Waals surface area (Å²) < 4.78 is 22.6. The van der Waals surface area contributed by atoms with Gasteiger partial charge in [0.2, 0.25) is 10.0 Å². The maximum absolute atomic E-state index is 11.3. The third-order valence-corrected chi connectivity index (χ3v) is 3.99. The Kier molecular flexibility index (Phi) is 4.67. The fourth-order valence-corrected chi connectivity index (χ4v) is 2.74. The first kappa shape index (κ1) is 14.1. The SMILES string of the molecule is CSCC(C)Nc1cccc(S(N)(=O)=O)c1N. The molecule has 0 aliphatic carbocycles. The van der Waals surface area contributed by atoms with E-state index in [1.54, 1.807) is 23.9 Å². The molecule has 0 saturated carbocycles. The molecule has 5 N–H and O–H groups in total. The van der Waals surface area contributed by atoms with Gasteiger partial charge >= 0.3 is 0 Å². The predicted molar refractivity (Wildman–Crippen MR) is 73.7 cm³/mol. The van der Waals surface area contributed by atoms with Gasteiger partial charge in [0.05, 0.1) is 11.4 Å². The molecule has 0 bridgehead atoms. The minimum absolute atomic E-state index is 0.0427. The summed E-state index contributed by atoms with van der Waals surface area (Å²) in [4.78, 5) is -0.0427. The van der Waals surface area contributed by atoms with E-state index in [1.165, 1.54) is 6.07 Å². The lowest BCUT2D eigenvalue weighted by molar-refractivity contribution is 0.598. The highest BCUT2D eigenvalue weighted by molar-refractivity contribution is 7.98. The van der Waals surface area contributed by atoms with Gasteiger partial charge in [0.1, 0.15) is 4.90 Å². The van der Waals surface area contributed by atoms with Gasteiger partial charge < -0.3 is 11.1 Å². The van der Waals surface area contributed by atoms with Crippen molar-refractivity contribution in [1.29, 1.82) is 0 Å². The monoisotopic (exact) mass is 275 g/mol. The molecular weight excluding hydrogens is 258 g/mol. The van der Waals surface area contributed by atoms with Crippen LogP contribution in [0.4, 0.5) is 11.4 Å². The summed E-state index contributed by atoms with van der Waals surface area (Å²) >= 11 is 1.70. The highest BCUT2D eigenvalue weighted by Gasteiger charge is 2.15. The zero-order chi connectivity index (χ0) is 13.1. The second kappa shape index (κ2) is 5.61. The molecule has 5 nitrogen and oxygen atoms in total. The van der Waals surface area contributed by atoms with Crippen molar-refractivity contribution in [2.24, 2.45) is 5.14 Å². The number of benzene rings is 1. The lowest BCUT2D eigenvalue weighted by Gasteiger charge is -2.17. The number of nitrogen functional groups attached to an aromatic ring is 1. The van der Waals surface area contributed by atoms with Crippen molar-refractivity contribution in [3.63, 3.8) is 0 Å². The molecule has 0 amide bonds. The lowest BCUT2D eigenvalue weighted by Crippen LogP contribution is -2.20. The number of para-hydroxylation sites is 1. The quantitative estimate of drug-likeness (QED) is 0.698. The molecule has 0 spiro atoms. The maximum Gasteiger partial charge on any atom is 0.240 e. The molecule has 1 rings (SSSR count). The Labute approximate surface area is 106 Å². The Balaban J connectivity index is 3.03. The van der Waals surface area contributed by atoms with Crippen LogP contribution < -0.4 is 16.2 Å². The molecule has 0 aliphatic heterocycles. The zero-order valence-corrected chi connectivity index (χ0v) is 11.4. The molecule has 17 heavy (non-hydrogen) atoms. The average Bonchev–Trinajstić information content (AvgIpc) is 2.19. The summed E-state index contributed by atoms with van der Waals surface area (Å²) in [6.07, 6.45) is 2.00. The van der Waals surface area contributed by atoms with E-state index in [0.717, 1.165) is 5.75 Å². The summed E-state index contributed by atoms with van der Waals surface area (Å²) in [6, 6.07) is 4.95. The molecular formula is C10H17N3O2S2. The first-order valence-corrected chi connectivity index (χ1v) is 7.97. The van der Waals surface area contributed by atoms with Crippen molar-refractivity contribution >= 4 is 33.2 Å². The van der Waals surface area contributed by atoms with Gasteiger partial charge in [-0.25, -0.2) is 13.6 Å². The summed E-state index contributed by atoms with van der Waals surface area (Å²) in [7, 11) is -3.77. The topological polar surface area (TPSA) is 98.2 Å². The Bertz CT molecular complexity index is 488. The average molecular weight is 275 g/mol. The van der Waals surface area contributed by atoms with Crippen molar-refractivity contribution in [1.82, 2.24) is 0 Å². The van der Waals surface area contributed by atoms with E-state index in [-0.39, 0.29) is 16.6 Å². The van der Waals surface area contributed by atoms with Crippen LogP contribution in [-0.4, -0.2) is 26.5 Å². The van der Waals surface area contributed by atoms with Crippen LogP contribution in [0, 0.1) is 0 Å². The third-order valence-electron chi connectivity index (χ3n) is 2.19. The second-order valence-electron chi connectivity index (χ2n) is 3.76. The van der Waals surface area contributed by atoms with Gasteiger partial charge in [-0.2, -0.15) is 11.8 Å². The fourth-order valence-electron chi connectivity index (χ4n) is 1.48. The zero-order valence-electron chi connectivity index (χ0n) is 9.80. The van der Waals surface area contributed by atoms with Crippen LogP contribution in [0.15, 0.2) is 23.1 Å². The molecule has 0 heterocycles. The molecule has 1 aromatic rings. The summed E-state index contributed by atoms with van der Waals surface area (Å²) in [6.45, 7) is 2.00. The molecule has 1 aromatic carbocycles. The van der Waals surface area contributed by atoms with E-state index >= 15 is 0 Å². The number of nitrogens with one attached hydrogen (secondary N) is 1. The number of thioether (sulfide) groups is 1. The molecule has 0 radical (unpaired) electrons. The standard InChI is InChI=1S/C10H17N3O2S2/c1-7(6-16-2)13-8-4-3-5-9(10(8)11)17(12,14)15/h3-5,7,13H,6,11H2,1-2H3,(H2,12,14,15). The molecule has 1 atom stereocenters. The van der Waals surface area contributed by atoms with Crippen molar-refractivity contribution in [3.8, 4) is 0 Å². The number of sulfonamides is 1. The minimum atomic E-state index is -3.77. The first-order chi connectivity index (χ1) is 7.86. The molecule has 0 fully saturated rings. The van der Waals surface area contributed by atoms with Gasteiger partial charge in [0.25, 0.3) is 0 Å². The number of hydrogen-bond acceptors (Lipinski definition) is 5. The van der Waals surface area contributed by atoms with E-state index in [1.807, 2.05) is 13.2 Å². The highest BCUT2D eigenvalue weighted by atomic mass is 32.2. The van der Waals surface area contributed by atoms with Crippen molar-refractivity contribution in [2.45, 2.75) is 17.9 Å². The van der Waals surface area contributed by atoms with E-state index in [2.05, 4.69) is 5.32 Å². The Morgan fingerprint density at radius 2 is 2.12 bits per heavy atom. The van der Waals surface area contributed by atoms with Crippen LogP contribution >= 0.6 is 11.8 Å². The van der Waals surface area contributed by atoms with Crippen LogP contribution in [0.5, 0.6) is 0 Å². The van der Waals surface area contributed by atoms with Gasteiger partial charge in [-0.1, -0.05) is 6.07 Å². The Morgan fingerprint density at radius 1 is 1.47 bits per heavy atom. The van der Waals surface area contributed by atoms with Crippen LogP contribution in [0.25, 0.3) is 0 Å². The maximum atomic E-state index is 11.3. The van der Waals surface area contributed by atoms with Crippen molar-refractivity contribution in [3.05, 3.63) is 18.2 Å². The fraction of sp³-hybridized carbons (Fsp3) is 0.400. The van der Waals surface area contributed by atoms with Crippen LogP contribution in [0.1, 0.15) is 6.92 Å². The van der Waals surface area contributed by atoms with Crippen molar-refractivity contribution < 1.29 is 8.42 Å². The van der Waals surface area contributed by atoms with Gasteiger partial charge in [-0.3, -0.25) is 0 Å². The molecule has 0 aromatic heterocycles. The van der Waals surface area contributed by atoms with E-state index in [0.29, 0.717) is 5.69 Å². The van der Waals surface area contributed by atoms with E-state index in [9.17, 15) is 8.42 Å². The smallest absolute Gasteiger partial charge is 0.240 e. The second-order valence-corrected chi connectivity index (χ2v) is 6.20. The third kappa shape index (κ3) is 3.79. The summed E-state index contributed by atoms with van der Waals surface area (Å²) in [5.74, 6) is 0.902. The van der Waals surface area contributed by atoms with Crippen molar-refractivity contribution in [2.75, 3.05) is 23.1 Å². The molecule has 0 saturated heterocycles. The number of rotatable bonds is 5. The molecule has 96 valence electrons. The molecule has 7 heteroatoms. The van der Waals surface area contributed by atoms with E-state index in [4.69, 9.17) is 10.9 Å². The largest absolute Gasteiger partial charge is 0.396 e. The van der Waals surface area contributed by atoms with Gasteiger partial charge in [-0.05, 0) is 25.3 Å².